The predicted molar refractivity (Wildman–Crippen MR) is 78.7 cm³/mol. The van der Waals surface area contributed by atoms with E-state index in [0.29, 0.717) is 17.9 Å². The smallest absolute Gasteiger partial charge is 0.240 e. The summed E-state index contributed by atoms with van der Waals surface area (Å²) in [4.78, 5) is 0.339. The quantitative estimate of drug-likeness (QED) is 0.802. The topological polar surface area (TPSA) is 72.2 Å². The number of benzene rings is 1. The van der Waals surface area contributed by atoms with Gasteiger partial charge in [0.25, 0.3) is 0 Å². The fourth-order valence-corrected chi connectivity index (χ4v) is 3.05. The molecule has 0 aliphatic heterocycles. The molecule has 0 bridgehead atoms. The Bertz CT molecular complexity index is 510. The maximum Gasteiger partial charge on any atom is 0.240 e. The first-order valence-corrected chi connectivity index (χ1v) is 8.26. The maximum atomic E-state index is 12.1. The Kier molecular flexibility index (Phi) is 5.97. The average molecular weight is 284 g/mol. The molecule has 0 spiro atoms. The summed E-state index contributed by atoms with van der Waals surface area (Å²) < 4.78 is 26.8. The molecule has 0 amide bonds. The second-order valence-electron chi connectivity index (χ2n) is 4.80. The molecule has 0 aliphatic carbocycles. The normalized spacial score (nSPS) is 13.5. The van der Waals surface area contributed by atoms with Crippen LogP contribution < -0.4 is 10.5 Å². The molecule has 0 radical (unpaired) electrons. The second kappa shape index (κ2) is 7.03. The van der Waals surface area contributed by atoms with Crippen molar-refractivity contribution in [3.8, 4) is 0 Å². The van der Waals surface area contributed by atoms with Gasteiger partial charge in [-0.1, -0.05) is 19.9 Å². The highest BCUT2D eigenvalue weighted by atomic mass is 32.2. The second-order valence-corrected chi connectivity index (χ2v) is 6.57. The van der Waals surface area contributed by atoms with Crippen LogP contribution in [0.5, 0.6) is 0 Å². The molecule has 108 valence electrons. The molecular weight excluding hydrogens is 260 g/mol. The van der Waals surface area contributed by atoms with Gasteiger partial charge in [0, 0.05) is 12.6 Å². The fraction of sp³-hybridized carbons (Fsp3) is 0.571. The van der Waals surface area contributed by atoms with Crippen LogP contribution in [0.4, 0.5) is 0 Å². The lowest BCUT2D eigenvalue weighted by molar-refractivity contribution is 0.571. The molecule has 0 aromatic heterocycles. The van der Waals surface area contributed by atoms with Gasteiger partial charge in [0.2, 0.25) is 10.0 Å². The molecule has 0 fully saturated rings. The first kappa shape index (κ1) is 16.1. The maximum absolute atomic E-state index is 12.1. The molecule has 1 aromatic rings. The Morgan fingerprint density at radius 1 is 1.21 bits per heavy atom. The lowest BCUT2D eigenvalue weighted by atomic mass is 10.0. The van der Waals surface area contributed by atoms with Crippen LogP contribution >= 0.6 is 0 Å². The number of nitrogens with two attached hydrogens (primary N) is 1. The summed E-state index contributed by atoms with van der Waals surface area (Å²) in [5.41, 5.74) is 7.91. The zero-order chi connectivity index (χ0) is 14.5. The highest BCUT2D eigenvalue weighted by molar-refractivity contribution is 7.89. The van der Waals surface area contributed by atoms with Crippen LogP contribution in [0.15, 0.2) is 23.1 Å². The summed E-state index contributed by atoms with van der Waals surface area (Å²) in [5.74, 6) is 0. The summed E-state index contributed by atoms with van der Waals surface area (Å²) in [5, 5.41) is 0. The molecule has 19 heavy (non-hydrogen) atoms. The van der Waals surface area contributed by atoms with Gasteiger partial charge in [0.1, 0.15) is 0 Å². The molecule has 1 aromatic carbocycles. The van der Waals surface area contributed by atoms with Gasteiger partial charge in [-0.05, 0) is 49.4 Å². The molecule has 0 saturated heterocycles. The number of sulfonamides is 1. The minimum atomic E-state index is -3.42. The van der Waals surface area contributed by atoms with Crippen LogP contribution in [-0.4, -0.2) is 21.0 Å². The van der Waals surface area contributed by atoms with Crippen molar-refractivity contribution in [3.05, 3.63) is 29.3 Å². The third kappa shape index (κ3) is 4.60. The van der Waals surface area contributed by atoms with Crippen molar-refractivity contribution in [2.45, 2.75) is 51.0 Å². The Labute approximate surface area is 116 Å². The van der Waals surface area contributed by atoms with Crippen molar-refractivity contribution in [1.82, 2.24) is 4.72 Å². The largest absolute Gasteiger partial charge is 0.328 e. The number of hydrogen-bond donors (Lipinski definition) is 2. The summed E-state index contributed by atoms with van der Waals surface area (Å²) in [6, 6.07) is 5.34. The van der Waals surface area contributed by atoms with E-state index in [4.69, 9.17) is 5.73 Å². The minimum Gasteiger partial charge on any atom is -0.328 e. The van der Waals surface area contributed by atoms with E-state index in [9.17, 15) is 8.42 Å². The van der Waals surface area contributed by atoms with Crippen LogP contribution in [0.3, 0.4) is 0 Å². The van der Waals surface area contributed by atoms with Crippen molar-refractivity contribution in [2.24, 2.45) is 5.73 Å². The summed E-state index contributed by atoms with van der Waals surface area (Å²) in [6.45, 7) is 6.34. The van der Waals surface area contributed by atoms with Crippen molar-refractivity contribution < 1.29 is 8.42 Å². The molecular formula is C14H24N2O2S. The molecule has 1 unspecified atom stereocenters. The lowest BCUT2D eigenvalue weighted by Gasteiger charge is -2.11. The number of aryl methyl sites for hydroxylation is 2. The van der Waals surface area contributed by atoms with Crippen molar-refractivity contribution in [2.75, 3.05) is 6.54 Å². The fourth-order valence-electron chi connectivity index (χ4n) is 1.95. The summed E-state index contributed by atoms with van der Waals surface area (Å²) >= 11 is 0. The van der Waals surface area contributed by atoms with Gasteiger partial charge in [0.05, 0.1) is 4.90 Å². The first-order chi connectivity index (χ1) is 8.90. The highest BCUT2D eigenvalue weighted by Gasteiger charge is 2.15. The number of nitrogens with one attached hydrogen (secondary N) is 1. The van der Waals surface area contributed by atoms with E-state index in [1.54, 1.807) is 12.1 Å². The van der Waals surface area contributed by atoms with Gasteiger partial charge in [-0.2, -0.15) is 0 Å². The Morgan fingerprint density at radius 3 is 2.37 bits per heavy atom. The lowest BCUT2D eigenvalue weighted by Crippen LogP contribution is -2.29. The SMILES string of the molecule is CCc1ccc(S(=O)(=O)NCCC(C)N)cc1CC. The van der Waals surface area contributed by atoms with Crippen LogP contribution in [0.1, 0.15) is 38.3 Å². The monoisotopic (exact) mass is 284 g/mol. The molecule has 0 heterocycles. The van der Waals surface area contributed by atoms with E-state index >= 15 is 0 Å². The van der Waals surface area contributed by atoms with Crippen LogP contribution in [-0.2, 0) is 22.9 Å². The third-order valence-corrected chi connectivity index (χ3v) is 4.60. The highest BCUT2D eigenvalue weighted by Crippen LogP contribution is 2.17. The first-order valence-electron chi connectivity index (χ1n) is 6.77. The molecule has 1 rings (SSSR count). The molecule has 5 heteroatoms. The van der Waals surface area contributed by atoms with Crippen LogP contribution in [0, 0.1) is 0 Å². The van der Waals surface area contributed by atoms with E-state index in [2.05, 4.69) is 11.6 Å². The minimum absolute atomic E-state index is 0.00336. The molecule has 0 saturated carbocycles. The predicted octanol–water partition coefficient (Wildman–Crippen LogP) is 1.83. The van der Waals surface area contributed by atoms with E-state index in [0.717, 1.165) is 18.4 Å². The summed E-state index contributed by atoms with van der Waals surface area (Å²) in [7, 11) is -3.42. The van der Waals surface area contributed by atoms with Crippen LogP contribution in [0.2, 0.25) is 0 Å². The zero-order valence-electron chi connectivity index (χ0n) is 11.9. The van der Waals surface area contributed by atoms with Gasteiger partial charge >= 0.3 is 0 Å². The van der Waals surface area contributed by atoms with Crippen molar-refractivity contribution >= 4 is 10.0 Å². The van der Waals surface area contributed by atoms with E-state index in [1.165, 1.54) is 5.56 Å². The Morgan fingerprint density at radius 2 is 1.84 bits per heavy atom. The van der Waals surface area contributed by atoms with E-state index < -0.39 is 10.0 Å². The van der Waals surface area contributed by atoms with Crippen molar-refractivity contribution in [3.63, 3.8) is 0 Å². The Balaban J connectivity index is 2.89. The van der Waals surface area contributed by atoms with E-state index in [-0.39, 0.29) is 6.04 Å². The van der Waals surface area contributed by atoms with E-state index in [1.807, 2.05) is 19.9 Å². The van der Waals surface area contributed by atoms with Gasteiger partial charge in [0.15, 0.2) is 0 Å². The summed E-state index contributed by atoms with van der Waals surface area (Å²) in [6.07, 6.45) is 2.39. The molecule has 1 atom stereocenters. The molecule has 0 aliphatic rings. The Hall–Kier alpha value is -0.910. The van der Waals surface area contributed by atoms with Gasteiger partial charge < -0.3 is 5.73 Å². The standard InChI is InChI=1S/C14H24N2O2S/c1-4-12-6-7-14(10-13(12)5-2)19(17,18)16-9-8-11(3)15/h6-7,10-11,16H,4-5,8-9,15H2,1-3H3. The molecule has 3 N–H and O–H groups in total. The molecule has 4 nitrogen and oxygen atoms in total. The van der Waals surface area contributed by atoms with Crippen LogP contribution in [0.25, 0.3) is 0 Å². The number of hydrogen-bond acceptors (Lipinski definition) is 3. The van der Waals surface area contributed by atoms with Gasteiger partial charge in [-0.15, -0.1) is 0 Å². The average Bonchev–Trinajstić information content (AvgIpc) is 2.37. The van der Waals surface area contributed by atoms with Crippen molar-refractivity contribution in [1.29, 1.82) is 0 Å². The number of rotatable bonds is 7. The van der Waals surface area contributed by atoms with Gasteiger partial charge in [-0.3, -0.25) is 0 Å². The van der Waals surface area contributed by atoms with Gasteiger partial charge in [-0.25, -0.2) is 13.1 Å². The third-order valence-electron chi connectivity index (χ3n) is 3.14. The zero-order valence-corrected chi connectivity index (χ0v) is 12.8.